The Bertz CT molecular complexity index is 2430. The van der Waals surface area contributed by atoms with Gasteiger partial charge in [0.15, 0.2) is 0 Å². The fourth-order valence-electron chi connectivity index (χ4n) is 9.50. The van der Waals surface area contributed by atoms with Crippen LogP contribution in [0.1, 0.15) is 104 Å². The van der Waals surface area contributed by atoms with Gasteiger partial charge >= 0.3 is 18.0 Å². The molecule has 2 unspecified atom stereocenters. The summed E-state index contributed by atoms with van der Waals surface area (Å²) >= 11 is 0. The number of rotatable bonds is 16. The highest BCUT2D eigenvalue weighted by molar-refractivity contribution is 5.96. The molecule has 0 bridgehead atoms. The third kappa shape index (κ3) is 12.0. The molecular weight excluding hydrogens is 851 g/mol. The summed E-state index contributed by atoms with van der Waals surface area (Å²) in [6.45, 7) is 20.5. The number of benzene rings is 2. The average molecular weight is 922 g/mol. The van der Waals surface area contributed by atoms with E-state index in [1.807, 2.05) is 31.3 Å². The van der Waals surface area contributed by atoms with Gasteiger partial charge in [-0.25, -0.2) is 10.2 Å². The molecule has 0 radical (unpaired) electrons. The average Bonchev–Trinajstić information content (AvgIpc) is 4.12. The van der Waals surface area contributed by atoms with E-state index in [0.29, 0.717) is 32.4 Å². The lowest BCUT2D eigenvalue weighted by Gasteiger charge is -2.36. The molecule has 1 saturated carbocycles. The van der Waals surface area contributed by atoms with E-state index in [2.05, 4.69) is 76.2 Å². The lowest BCUT2D eigenvalue weighted by Crippen LogP contribution is -2.60. The number of ether oxygens (including phenoxy) is 4. The third-order valence-corrected chi connectivity index (χ3v) is 13.1. The molecule has 2 N–H and O–H groups in total. The number of amides is 2. The number of esters is 2. The van der Waals surface area contributed by atoms with Gasteiger partial charge in [-0.1, -0.05) is 44.2 Å². The number of hydrazine groups is 1. The Morgan fingerprint density at radius 2 is 1.66 bits per heavy atom. The van der Waals surface area contributed by atoms with E-state index in [0.717, 1.165) is 88.0 Å². The molecule has 15 heteroatoms. The Morgan fingerprint density at radius 1 is 0.925 bits per heavy atom. The largest absolute Gasteiger partial charge is 0.468 e. The molecule has 1 aliphatic carbocycles. The SMILES string of the molecule is CCn1c(-c2cc(N3CCN(C4CC4)CC3)cnc2C(C)OC)c(CC(C)(C)COC(C)=O)c2cc(-c3cccc(CC(NC(=O)OC(C)(C)C)C(=O)N4CCC[C@@H](C(=O)OC)N4)c3)ccc21. The predicted octanol–water partition coefficient (Wildman–Crippen LogP) is 7.62. The van der Waals surface area contributed by atoms with Crippen molar-refractivity contribution in [3.8, 4) is 22.4 Å². The number of hydrogen-bond donors (Lipinski definition) is 2. The number of carbonyl (C=O) groups is 4. The molecular formula is C52H71N7O8. The van der Waals surface area contributed by atoms with Crippen LogP contribution < -0.4 is 15.6 Å². The maximum atomic E-state index is 14.2. The van der Waals surface area contributed by atoms with Crippen molar-refractivity contribution in [2.24, 2.45) is 5.41 Å². The second-order valence-electron chi connectivity index (χ2n) is 20.1. The first-order valence-corrected chi connectivity index (χ1v) is 23.9. The fourth-order valence-corrected chi connectivity index (χ4v) is 9.50. The molecule has 2 aromatic carbocycles. The van der Waals surface area contributed by atoms with Gasteiger partial charge in [0.1, 0.15) is 17.7 Å². The second kappa shape index (κ2) is 20.8. The molecule has 2 amide bonds. The maximum Gasteiger partial charge on any atom is 0.408 e. The van der Waals surface area contributed by atoms with Gasteiger partial charge < -0.3 is 33.7 Å². The molecule has 2 aliphatic heterocycles. The first-order valence-electron chi connectivity index (χ1n) is 23.9. The van der Waals surface area contributed by atoms with E-state index >= 15 is 0 Å². The summed E-state index contributed by atoms with van der Waals surface area (Å²) in [5, 5.41) is 5.31. The van der Waals surface area contributed by atoms with Crippen LogP contribution in [0, 0.1) is 5.41 Å². The quantitative estimate of drug-likeness (QED) is 0.0839. The van der Waals surface area contributed by atoms with Crippen LogP contribution in [-0.2, 0) is 52.7 Å². The zero-order valence-electron chi connectivity index (χ0n) is 41.2. The first-order chi connectivity index (χ1) is 31.9. The zero-order valence-corrected chi connectivity index (χ0v) is 41.2. The standard InChI is InChI=1S/C52H71N7O8/c1-11-58-45-20-17-37(36-15-12-14-35(26-36)27-44(54-50(63)67-51(4,5)6)48(61)59-21-13-16-43(55-59)49(62)65-10)28-40(45)42(30-52(7,8)32-66-34(3)60)47(58)41-29-39(31-53-46(41)33(2)64-9)57-24-22-56(23-25-57)38-18-19-38/h12,14-15,17,20,26,28-29,31,33,38,43-44,55H,11,13,16,18-19,21-25,27,30,32H2,1-10H3,(H,54,63)/t33?,43-,44?/m0/s1. The van der Waals surface area contributed by atoms with E-state index in [-0.39, 0.29) is 31.0 Å². The van der Waals surface area contributed by atoms with Crippen molar-refractivity contribution in [2.75, 3.05) is 58.5 Å². The number of anilines is 1. The van der Waals surface area contributed by atoms with Crippen molar-refractivity contribution in [2.45, 2.75) is 130 Å². The Morgan fingerprint density at radius 3 is 2.31 bits per heavy atom. The monoisotopic (exact) mass is 922 g/mol. The summed E-state index contributed by atoms with van der Waals surface area (Å²) in [5.41, 5.74) is 10.8. The van der Waals surface area contributed by atoms with E-state index in [9.17, 15) is 19.2 Å². The van der Waals surface area contributed by atoms with Crippen LogP contribution in [-0.4, -0.2) is 121 Å². The maximum absolute atomic E-state index is 14.2. The smallest absolute Gasteiger partial charge is 0.408 e. The highest BCUT2D eigenvalue weighted by Gasteiger charge is 2.35. The summed E-state index contributed by atoms with van der Waals surface area (Å²) in [5.74, 6) is -1.16. The Kier molecular flexibility index (Phi) is 15.3. The Hall–Kier alpha value is -5.51. The molecule has 15 nitrogen and oxygen atoms in total. The predicted molar refractivity (Wildman–Crippen MR) is 259 cm³/mol. The minimum absolute atomic E-state index is 0.167. The van der Waals surface area contributed by atoms with Crippen LogP contribution >= 0.6 is 0 Å². The van der Waals surface area contributed by atoms with Gasteiger partial charge in [0, 0.05) is 87.6 Å². The van der Waals surface area contributed by atoms with Gasteiger partial charge in [-0.15, -0.1) is 0 Å². The lowest BCUT2D eigenvalue weighted by molar-refractivity contribution is -0.150. The second-order valence-corrected chi connectivity index (χ2v) is 20.1. The van der Waals surface area contributed by atoms with Crippen LogP contribution in [0.4, 0.5) is 10.5 Å². The van der Waals surface area contributed by atoms with Crippen molar-refractivity contribution in [3.05, 3.63) is 71.5 Å². The Labute approximate surface area is 395 Å². The molecule has 3 fully saturated rings. The lowest BCUT2D eigenvalue weighted by atomic mass is 9.84. The van der Waals surface area contributed by atoms with Gasteiger partial charge in [-0.05, 0) is 107 Å². The van der Waals surface area contributed by atoms with Crippen LogP contribution in [0.5, 0.6) is 0 Å². The summed E-state index contributed by atoms with van der Waals surface area (Å²) < 4.78 is 24.6. The van der Waals surface area contributed by atoms with Crippen LogP contribution in [0.15, 0.2) is 54.7 Å². The number of hydrogen-bond acceptors (Lipinski definition) is 12. The number of methoxy groups -OCH3 is 2. The van der Waals surface area contributed by atoms with Gasteiger partial charge in [-0.2, -0.15) is 0 Å². The number of aryl methyl sites for hydroxylation is 1. The van der Waals surface area contributed by atoms with E-state index in [1.54, 1.807) is 27.9 Å². The summed E-state index contributed by atoms with van der Waals surface area (Å²) in [6, 6.07) is 15.9. The molecule has 67 heavy (non-hydrogen) atoms. The molecule has 2 saturated heterocycles. The van der Waals surface area contributed by atoms with Crippen molar-refractivity contribution in [1.82, 2.24) is 30.2 Å². The number of carbonyl (C=O) groups excluding carboxylic acids is 4. The highest BCUT2D eigenvalue weighted by Crippen LogP contribution is 2.43. The van der Waals surface area contributed by atoms with E-state index < -0.39 is 35.2 Å². The minimum atomic E-state index is -1.00. The fraction of sp³-hybridized carbons (Fsp3) is 0.558. The molecule has 2 aromatic heterocycles. The molecule has 7 rings (SSSR count). The van der Waals surface area contributed by atoms with Crippen molar-refractivity contribution in [1.29, 1.82) is 0 Å². The zero-order chi connectivity index (χ0) is 48.2. The molecule has 0 spiro atoms. The van der Waals surface area contributed by atoms with E-state index in [1.165, 1.54) is 31.9 Å². The van der Waals surface area contributed by atoms with Crippen molar-refractivity contribution < 1.29 is 38.1 Å². The molecule has 3 atom stereocenters. The minimum Gasteiger partial charge on any atom is -0.468 e. The summed E-state index contributed by atoms with van der Waals surface area (Å²) in [7, 11) is 3.04. The number of aromatic nitrogens is 2. The summed E-state index contributed by atoms with van der Waals surface area (Å²) in [4.78, 5) is 62.2. The van der Waals surface area contributed by atoms with Gasteiger partial charge in [0.25, 0.3) is 5.91 Å². The summed E-state index contributed by atoms with van der Waals surface area (Å²) in [6.07, 6.45) is 5.49. The van der Waals surface area contributed by atoms with Crippen molar-refractivity contribution in [3.63, 3.8) is 0 Å². The molecule has 4 aromatic rings. The number of nitrogens with one attached hydrogen (secondary N) is 2. The van der Waals surface area contributed by atoms with Crippen molar-refractivity contribution >= 4 is 40.5 Å². The van der Waals surface area contributed by atoms with Gasteiger partial charge in [0.2, 0.25) is 0 Å². The molecule has 362 valence electrons. The first kappa shape index (κ1) is 49.4. The van der Waals surface area contributed by atoms with Crippen LogP contribution in [0.3, 0.4) is 0 Å². The molecule has 3 aliphatic rings. The topological polar surface area (TPSA) is 157 Å². The normalized spacial score (nSPS) is 18.1. The number of pyridine rings is 1. The van der Waals surface area contributed by atoms with E-state index in [4.69, 9.17) is 23.9 Å². The highest BCUT2D eigenvalue weighted by atomic mass is 16.6. The van der Waals surface area contributed by atoms with Gasteiger partial charge in [-0.3, -0.25) is 29.3 Å². The molecule has 4 heterocycles. The van der Waals surface area contributed by atoms with Gasteiger partial charge in [0.05, 0.1) is 43.1 Å². The third-order valence-electron chi connectivity index (χ3n) is 13.1. The van der Waals surface area contributed by atoms with Crippen LogP contribution in [0.2, 0.25) is 0 Å². The number of fused-ring (bicyclic) bond motifs is 1. The number of piperazine rings is 1. The Balaban J connectivity index is 1.29. The number of alkyl carbamates (subject to hydrolysis) is 1. The number of nitrogens with zero attached hydrogens (tertiary/aromatic N) is 5. The van der Waals surface area contributed by atoms with Crippen LogP contribution in [0.25, 0.3) is 33.3 Å².